The number of benzene rings is 1. The monoisotopic (exact) mass is 483 g/mol. The maximum absolute atomic E-state index is 14.0. The lowest BCUT2D eigenvalue weighted by Gasteiger charge is -2.47. The van der Waals surface area contributed by atoms with E-state index in [0.29, 0.717) is 24.0 Å². The highest BCUT2D eigenvalue weighted by molar-refractivity contribution is 8.00. The number of nitrogens with one attached hydrogen (secondary N) is 2. The van der Waals surface area contributed by atoms with E-state index in [9.17, 15) is 9.90 Å². The number of fused-ring (bicyclic) bond motifs is 2. The number of thioether (sulfide) groups is 1. The van der Waals surface area contributed by atoms with Gasteiger partial charge >= 0.3 is 0 Å². The van der Waals surface area contributed by atoms with Crippen LogP contribution in [0.15, 0.2) is 6.07 Å². The second-order valence-electron chi connectivity index (χ2n) is 9.34. The number of nitrogens with zero attached hydrogens (tertiary/aromatic N) is 1. The summed E-state index contributed by atoms with van der Waals surface area (Å²) in [6, 6.07) is 2.04. The van der Waals surface area contributed by atoms with Crippen LogP contribution in [0.2, 0.25) is 5.02 Å². The van der Waals surface area contributed by atoms with E-state index in [4.69, 9.17) is 25.8 Å². The van der Waals surface area contributed by atoms with E-state index in [-0.39, 0.29) is 51.4 Å². The zero-order valence-electron chi connectivity index (χ0n) is 18.8. The highest BCUT2D eigenvalue weighted by Gasteiger charge is 2.67. The fraction of sp³-hybridized carbons (Fsp3) is 0.682. The Balaban J connectivity index is 1.57. The number of hydrazine groups is 1. The first-order valence-corrected chi connectivity index (χ1v) is 12.4. The van der Waals surface area contributed by atoms with Gasteiger partial charge in [0.2, 0.25) is 11.4 Å². The van der Waals surface area contributed by atoms with Gasteiger partial charge in [0.15, 0.2) is 5.75 Å². The molecule has 3 N–H and O–H groups in total. The standard InChI is InChI=1S/C22H30ClN3O5S/c1-9-6-11-14(17(26(3)25-11)21-24-10(2)8-32-21)19(27)22(9)20(28)15-12(29-4)7-13(30-5)16(23)18(15)31-22/h7,9-11,14,17,19,21,24-25,27H,6,8H2,1-5H3/t9-,10?,11?,14?,17?,19?,21?,22+/m1/s1. The maximum Gasteiger partial charge on any atom is 0.216 e. The maximum atomic E-state index is 14.0. The Bertz CT molecular complexity index is 951. The number of aliphatic hydroxyl groups is 1. The molecule has 1 saturated carbocycles. The summed E-state index contributed by atoms with van der Waals surface area (Å²) in [5, 5.41) is 18.0. The Morgan fingerprint density at radius 2 is 2.03 bits per heavy atom. The lowest BCUT2D eigenvalue weighted by Crippen LogP contribution is -2.66. The molecule has 10 heteroatoms. The SMILES string of the molecule is COc1cc(OC)c2c(c1Cl)O[C@]1(C2=O)C(O)C2C(C[C@H]1C)NN(C)C2C1NC(C)CS1. The Morgan fingerprint density at radius 1 is 1.31 bits per heavy atom. The second-order valence-corrected chi connectivity index (χ2v) is 10.9. The van der Waals surface area contributed by atoms with Crippen LogP contribution in [0.1, 0.15) is 30.6 Å². The van der Waals surface area contributed by atoms with Crippen molar-refractivity contribution >= 4 is 29.1 Å². The largest absolute Gasteiger partial charge is 0.496 e. The van der Waals surface area contributed by atoms with E-state index in [1.165, 1.54) is 14.2 Å². The van der Waals surface area contributed by atoms with Crippen molar-refractivity contribution in [3.8, 4) is 17.2 Å². The molecular weight excluding hydrogens is 454 g/mol. The predicted molar refractivity (Wildman–Crippen MR) is 123 cm³/mol. The number of carbonyl (C=O) groups excluding carboxylic acids is 1. The van der Waals surface area contributed by atoms with Crippen molar-refractivity contribution in [2.24, 2.45) is 11.8 Å². The van der Waals surface area contributed by atoms with Crippen molar-refractivity contribution in [2.45, 2.75) is 55.5 Å². The van der Waals surface area contributed by atoms with Gasteiger partial charge in [0, 0.05) is 42.8 Å². The topological polar surface area (TPSA) is 92.3 Å². The van der Waals surface area contributed by atoms with Crippen molar-refractivity contribution in [3.05, 3.63) is 16.7 Å². The molecule has 0 bridgehead atoms. The normalized spacial score (nSPS) is 41.0. The molecule has 4 aliphatic rings. The molecule has 5 rings (SSSR count). The van der Waals surface area contributed by atoms with Gasteiger partial charge in [0.05, 0.1) is 25.6 Å². The lowest BCUT2D eigenvalue weighted by atomic mass is 9.63. The van der Waals surface area contributed by atoms with Crippen molar-refractivity contribution in [1.29, 1.82) is 0 Å². The molecule has 3 fully saturated rings. The second kappa shape index (κ2) is 7.92. The Labute approximate surface area is 197 Å². The Hall–Kier alpha value is -1.23. The van der Waals surface area contributed by atoms with Crippen LogP contribution >= 0.6 is 23.4 Å². The fourth-order valence-electron chi connectivity index (χ4n) is 6.04. The van der Waals surface area contributed by atoms with E-state index in [1.54, 1.807) is 6.07 Å². The third kappa shape index (κ3) is 2.95. The number of likely N-dealkylation sites (N-methyl/N-ethyl adjacent to an activating group) is 1. The summed E-state index contributed by atoms with van der Waals surface area (Å²) in [7, 11) is 5.00. The molecule has 3 aliphatic heterocycles. The lowest BCUT2D eigenvalue weighted by molar-refractivity contribution is -0.111. The smallest absolute Gasteiger partial charge is 0.216 e. The number of hydrogen-bond acceptors (Lipinski definition) is 9. The number of aliphatic hydroxyl groups excluding tert-OH is 1. The van der Waals surface area contributed by atoms with Crippen LogP contribution in [-0.4, -0.2) is 78.1 Å². The molecular formula is C22H30ClN3O5S. The molecule has 1 aromatic carbocycles. The Kier molecular flexibility index (Phi) is 5.58. The van der Waals surface area contributed by atoms with Crippen LogP contribution < -0.4 is 25.0 Å². The van der Waals surface area contributed by atoms with Gasteiger partial charge in [-0.3, -0.25) is 10.2 Å². The van der Waals surface area contributed by atoms with Gasteiger partial charge in [0.25, 0.3) is 0 Å². The van der Waals surface area contributed by atoms with E-state index in [0.717, 1.165) is 5.75 Å². The minimum absolute atomic E-state index is 0.00124. The summed E-state index contributed by atoms with van der Waals surface area (Å²) in [4.78, 5) is 14.0. The third-order valence-corrected chi connectivity index (χ3v) is 9.37. The van der Waals surface area contributed by atoms with E-state index in [1.807, 2.05) is 25.7 Å². The summed E-state index contributed by atoms with van der Waals surface area (Å²) in [6.07, 6.45) is -0.338. The van der Waals surface area contributed by atoms with Gasteiger partial charge in [-0.2, -0.15) is 0 Å². The average Bonchev–Trinajstić information content (AvgIpc) is 3.42. The highest BCUT2D eigenvalue weighted by atomic mass is 35.5. The number of carbonyl (C=O) groups is 1. The molecule has 1 aliphatic carbocycles. The summed E-state index contributed by atoms with van der Waals surface area (Å²) in [5.74, 6) is 1.23. The van der Waals surface area contributed by atoms with Crippen molar-refractivity contribution in [2.75, 3.05) is 27.0 Å². The van der Waals surface area contributed by atoms with Crippen LogP contribution in [-0.2, 0) is 0 Å². The first-order valence-electron chi connectivity index (χ1n) is 11.0. The van der Waals surface area contributed by atoms with E-state index >= 15 is 0 Å². The molecule has 8 nitrogen and oxygen atoms in total. The molecule has 0 amide bonds. The molecule has 3 heterocycles. The number of ketones is 1. The molecule has 176 valence electrons. The van der Waals surface area contributed by atoms with Crippen molar-refractivity contribution in [1.82, 2.24) is 15.8 Å². The van der Waals surface area contributed by atoms with Crippen molar-refractivity contribution < 1.29 is 24.1 Å². The molecule has 8 atom stereocenters. The van der Waals surface area contributed by atoms with E-state index < -0.39 is 11.7 Å². The number of Topliss-reactive ketones (excluding diaryl/α,β-unsaturated/α-hetero) is 1. The summed E-state index contributed by atoms with van der Waals surface area (Å²) in [5.41, 5.74) is 2.39. The molecule has 0 radical (unpaired) electrons. The highest BCUT2D eigenvalue weighted by Crippen LogP contribution is 2.56. The van der Waals surface area contributed by atoms with Crippen LogP contribution in [0.4, 0.5) is 0 Å². The van der Waals surface area contributed by atoms with Crippen molar-refractivity contribution in [3.63, 3.8) is 0 Å². The molecule has 1 aromatic rings. The van der Waals surface area contributed by atoms with Crippen LogP contribution in [0.3, 0.4) is 0 Å². The van der Waals surface area contributed by atoms with Gasteiger partial charge in [-0.15, -0.1) is 11.8 Å². The van der Waals surface area contributed by atoms with Crippen LogP contribution in [0, 0.1) is 11.8 Å². The molecule has 6 unspecified atom stereocenters. The molecule has 32 heavy (non-hydrogen) atoms. The molecule has 0 aromatic heterocycles. The molecule has 2 saturated heterocycles. The van der Waals surface area contributed by atoms with Crippen LogP contribution in [0.5, 0.6) is 17.2 Å². The first kappa shape index (κ1) is 22.6. The summed E-state index contributed by atoms with van der Waals surface area (Å²) in [6.45, 7) is 4.12. The number of ether oxygens (including phenoxy) is 3. The van der Waals surface area contributed by atoms with Gasteiger partial charge < -0.3 is 24.6 Å². The first-order chi connectivity index (χ1) is 15.2. The number of halogens is 1. The third-order valence-electron chi connectivity index (χ3n) is 7.55. The van der Waals surface area contributed by atoms with Gasteiger partial charge in [0.1, 0.15) is 28.2 Å². The van der Waals surface area contributed by atoms with Crippen LogP contribution in [0.25, 0.3) is 0 Å². The quantitative estimate of drug-likeness (QED) is 0.596. The predicted octanol–water partition coefficient (Wildman–Crippen LogP) is 1.93. The van der Waals surface area contributed by atoms with Gasteiger partial charge in [-0.1, -0.05) is 18.5 Å². The zero-order valence-corrected chi connectivity index (χ0v) is 20.4. The zero-order chi connectivity index (χ0) is 22.9. The summed E-state index contributed by atoms with van der Waals surface area (Å²) >= 11 is 8.41. The average molecular weight is 484 g/mol. The van der Waals surface area contributed by atoms with Gasteiger partial charge in [-0.05, 0) is 13.3 Å². The fourth-order valence-corrected chi connectivity index (χ4v) is 7.79. The summed E-state index contributed by atoms with van der Waals surface area (Å²) < 4.78 is 17.3. The minimum Gasteiger partial charge on any atom is -0.496 e. The molecule has 1 spiro atoms. The number of methoxy groups -OCH3 is 2. The Morgan fingerprint density at radius 3 is 2.66 bits per heavy atom. The number of hydrogen-bond donors (Lipinski definition) is 3. The van der Waals surface area contributed by atoms with Gasteiger partial charge in [-0.25, -0.2) is 5.01 Å². The van der Waals surface area contributed by atoms with E-state index in [2.05, 4.69) is 22.7 Å². The number of rotatable bonds is 3. The minimum atomic E-state index is -1.42.